The van der Waals surface area contributed by atoms with Gasteiger partial charge < -0.3 is 15.4 Å². The van der Waals surface area contributed by atoms with Crippen LogP contribution in [0, 0.1) is 0 Å². The molecule has 3 fully saturated rings. The van der Waals surface area contributed by atoms with E-state index in [1.165, 1.54) is 25.7 Å². The van der Waals surface area contributed by atoms with Crippen molar-refractivity contribution < 1.29 is 9.53 Å². The molecule has 0 atom stereocenters. The van der Waals surface area contributed by atoms with Crippen molar-refractivity contribution in [1.29, 1.82) is 0 Å². The third-order valence-electron chi connectivity index (χ3n) is 5.41. The number of piperidine rings is 1. The summed E-state index contributed by atoms with van der Waals surface area (Å²) in [6, 6.07) is 0.377. The summed E-state index contributed by atoms with van der Waals surface area (Å²) >= 11 is 0. The largest absolute Gasteiger partial charge is 0.379 e. The zero-order valence-corrected chi connectivity index (χ0v) is 13.0. The van der Waals surface area contributed by atoms with E-state index in [4.69, 9.17) is 4.74 Å². The number of carbonyl (C=O) groups is 1. The van der Waals surface area contributed by atoms with Gasteiger partial charge in [0.15, 0.2) is 0 Å². The van der Waals surface area contributed by atoms with Crippen LogP contribution in [-0.2, 0) is 9.53 Å². The summed E-state index contributed by atoms with van der Waals surface area (Å²) in [5.74, 6) is 0.260. The predicted octanol–water partition coefficient (Wildman–Crippen LogP) is 0.890. The smallest absolute Gasteiger partial charge is 0.222 e. The number of hydrogen-bond acceptors (Lipinski definition) is 4. The van der Waals surface area contributed by atoms with Crippen LogP contribution in [0.25, 0.3) is 0 Å². The molecule has 0 aromatic heterocycles. The van der Waals surface area contributed by atoms with Gasteiger partial charge in [-0.05, 0) is 38.8 Å². The summed E-state index contributed by atoms with van der Waals surface area (Å²) in [5.41, 5.74) is 0.112. The summed E-state index contributed by atoms with van der Waals surface area (Å²) in [6.45, 7) is 5.66. The first-order valence-electron chi connectivity index (χ1n) is 8.61. The molecule has 0 aromatic carbocycles. The van der Waals surface area contributed by atoms with Crippen LogP contribution in [0.4, 0.5) is 0 Å². The van der Waals surface area contributed by atoms with Gasteiger partial charge in [0, 0.05) is 31.1 Å². The zero-order chi connectivity index (χ0) is 14.5. The van der Waals surface area contributed by atoms with E-state index in [1.807, 2.05) is 0 Å². The molecule has 0 aromatic rings. The highest BCUT2D eigenvalue weighted by Crippen LogP contribution is 2.38. The van der Waals surface area contributed by atoms with Gasteiger partial charge in [0.2, 0.25) is 5.91 Å². The van der Waals surface area contributed by atoms with Gasteiger partial charge in [-0.15, -0.1) is 0 Å². The van der Waals surface area contributed by atoms with Crippen molar-refractivity contribution in [3.8, 4) is 0 Å². The fourth-order valence-electron chi connectivity index (χ4n) is 4.22. The fraction of sp³-hybridized carbons (Fsp3) is 0.938. The molecule has 21 heavy (non-hydrogen) atoms. The Kier molecular flexibility index (Phi) is 5.14. The van der Waals surface area contributed by atoms with E-state index in [1.54, 1.807) is 0 Å². The van der Waals surface area contributed by atoms with Crippen molar-refractivity contribution >= 4 is 5.91 Å². The number of morpholine rings is 1. The third-order valence-corrected chi connectivity index (χ3v) is 5.41. The molecule has 0 radical (unpaired) electrons. The molecule has 5 nitrogen and oxygen atoms in total. The molecular weight excluding hydrogens is 266 g/mol. The molecule has 1 aliphatic carbocycles. The van der Waals surface area contributed by atoms with Crippen LogP contribution < -0.4 is 10.6 Å². The van der Waals surface area contributed by atoms with Crippen LogP contribution in [-0.4, -0.2) is 61.8 Å². The standard InChI is InChI=1S/C16H29N3O2/c20-15(18-14-3-7-17-8-4-14)13-16(5-1-2-6-16)19-9-11-21-12-10-19/h14,17H,1-13H2,(H,18,20). The summed E-state index contributed by atoms with van der Waals surface area (Å²) in [5, 5.41) is 6.62. The van der Waals surface area contributed by atoms with Crippen molar-refractivity contribution in [2.75, 3.05) is 39.4 Å². The van der Waals surface area contributed by atoms with E-state index in [0.29, 0.717) is 12.5 Å². The van der Waals surface area contributed by atoms with Crippen LogP contribution in [0.5, 0.6) is 0 Å². The third kappa shape index (κ3) is 3.76. The minimum Gasteiger partial charge on any atom is -0.379 e. The van der Waals surface area contributed by atoms with Gasteiger partial charge in [0.25, 0.3) is 0 Å². The molecule has 0 bridgehead atoms. The van der Waals surface area contributed by atoms with Gasteiger partial charge >= 0.3 is 0 Å². The Balaban J connectivity index is 1.57. The lowest BCUT2D eigenvalue weighted by Crippen LogP contribution is -2.54. The van der Waals surface area contributed by atoms with Crippen molar-refractivity contribution in [2.45, 2.75) is 56.5 Å². The van der Waals surface area contributed by atoms with E-state index in [2.05, 4.69) is 15.5 Å². The lowest BCUT2D eigenvalue weighted by atomic mass is 9.89. The Morgan fingerprint density at radius 2 is 1.86 bits per heavy atom. The summed E-state index contributed by atoms with van der Waals surface area (Å²) in [7, 11) is 0. The SMILES string of the molecule is O=C(CC1(N2CCOCC2)CCCC1)NC1CCNCC1. The molecule has 2 heterocycles. The lowest BCUT2D eigenvalue weighted by molar-refractivity contribution is -0.126. The Labute approximate surface area is 127 Å². The maximum absolute atomic E-state index is 12.5. The van der Waals surface area contributed by atoms with Crippen LogP contribution in [0.3, 0.4) is 0 Å². The Morgan fingerprint density at radius 1 is 1.19 bits per heavy atom. The Morgan fingerprint density at radius 3 is 2.52 bits per heavy atom. The van der Waals surface area contributed by atoms with Gasteiger partial charge in [-0.1, -0.05) is 12.8 Å². The molecule has 3 aliphatic rings. The van der Waals surface area contributed by atoms with Gasteiger partial charge in [-0.25, -0.2) is 0 Å². The molecule has 2 aliphatic heterocycles. The highest BCUT2D eigenvalue weighted by atomic mass is 16.5. The van der Waals surface area contributed by atoms with Gasteiger partial charge in [0.1, 0.15) is 0 Å². The molecule has 1 saturated carbocycles. The van der Waals surface area contributed by atoms with Crippen molar-refractivity contribution in [2.24, 2.45) is 0 Å². The van der Waals surface area contributed by atoms with E-state index >= 15 is 0 Å². The second kappa shape index (κ2) is 7.07. The first-order chi connectivity index (χ1) is 10.3. The van der Waals surface area contributed by atoms with Gasteiger partial charge in [-0.3, -0.25) is 9.69 Å². The van der Waals surface area contributed by atoms with Crippen LogP contribution >= 0.6 is 0 Å². The zero-order valence-electron chi connectivity index (χ0n) is 13.0. The summed E-state index contributed by atoms with van der Waals surface area (Å²) in [6.07, 6.45) is 7.68. The molecule has 2 N–H and O–H groups in total. The van der Waals surface area contributed by atoms with Crippen molar-refractivity contribution in [3.05, 3.63) is 0 Å². The molecule has 3 rings (SSSR count). The summed E-state index contributed by atoms with van der Waals surface area (Å²) < 4.78 is 5.48. The number of nitrogens with zero attached hydrogens (tertiary/aromatic N) is 1. The topological polar surface area (TPSA) is 53.6 Å². The number of rotatable bonds is 4. The quantitative estimate of drug-likeness (QED) is 0.809. The van der Waals surface area contributed by atoms with Gasteiger partial charge in [-0.2, -0.15) is 0 Å². The van der Waals surface area contributed by atoms with E-state index in [-0.39, 0.29) is 11.4 Å². The molecule has 5 heteroatoms. The number of carbonyl (C=O) groups excluding carboxylic acids is 1. The number of hydrogen-bond donors (Lipinski definition) is 2. The summed E-state index contributed by atoms with van der Waals surface area (Å²) in [4.78, 5) is 15.1. The van der Waals surface area contributed by atoms with E-state index in [9.17, 15) is 4.79 Å². The molecular formula is C16H29N3O2. The van der Waals surface area contributed by atoms with Crippen molar-refractivity contribution in [1.82, 2.24) is 15.5 Å². The number of ether oxygens (including phenoxy) is 1. The average molecular weight is 295 g/mol. The predicted molar refractivity (Wildman–Crippen MR) is 82.2 cm³/mol. The molecule has 0 spiro atoms. The van der Waals surface area contributed by atoms with E-state index in [0.717, 1.165) is 52.2 Å². The maximum Gasteiger partial charge on any atom is 0.222 e. The Hall–Kier alpha value is -0.650. The molecule has 1 amide bonds. The Bertz CT molecular complexity index is 343. The van der Waals surface area contributed by atoms with Gasteiger partial charge in [0.05, 0.1) is 13.2 Å². The van der Waals surface area contributed by atoms with Crippen molar-refractivity contribution in [3.63, 3.8) is 0 Å². The molecule has 2 saturated heterocycles. The number of nitrogens with one attached hydrogen (secondary N) is 2. The van der Waals surface area contributed by atoms with Crippen LogP contribution in [0.15, 0.2) is 0 Å². The average Bonchev–Trinajstić information content (AvgIpc) is 2.99. The highest BCUT2D eigenvalue weighted by Gasteiger charge is 2.41. The second-order valence-electron chi connectivity index (χ2n) is 6.80. The minimum absolute atomic E-state index is 0.112. The molecule has 120 valence electrons. The fourth-order valence-corrected chi connectivity index (χ4v) is 4.22. The molecule has 0 unspecified atom stereocenters. The minimum atomic E-state index is 0.112. The maximum atomic E-state index is 12.5. The first kappa shape index (κ1) is 15.3. The van der Waals surface area contributed by atoms with Crippen LogP contribution in [0.1, 0.15) is 44.9 Å². The normalized spacial score (nSPS) is 27.6. The van der Waals surface area contributed by atoms with Crippen LogP contribution in [0.2, 0.25) is 0 Å². The van der Waals surface area contributed by atoms with E-state index < -0.39 is 0 Å². The number of amides is 1. The highest BCUT2D eigenvalue weighted by molar-refractivity contribution is 5.77. The monoisotopic (exact) mass is 295 g/mol. The second-order valence-corrected chi connectivity index (χ2v) is 6.80. The lowest BCUT2D eigenvalue weighted by Gasteiger charge is -2.43. The first-order valence-corrected chi connectivity index (χ1v) is 8.61.